The maximum Gasteiger partial charge on any atom is 0.332 e. The maximum atomic E-state index is 13.5. The van der Waals surface area contributed by atoms with E-state index in [1.165, 1.54) is 15.6 Å². The fourth-order valence-corrected chi connectivity index (χ4v) is 4.57. The number of nitrogens with zero attached hydrogens (tertiary/aromatic N) is 5. The van der Waals surface area contributed by atoms with Gasteiger partial charge in [0.1, 0.15) is 5.75 Å². The first kappa shape index (κ1) is 22.2. The van der Waals surface area contributed by atoms with Crippen LogP contribution < -0.4 is 20.9 Å². The number of aryl methyl sites for hydroxylation is 1. The number of unbranched alkanes of at least 4 members (excludes halogenated alkanes) is 4. The molecule has 0 radical (unpaired) electrons. The third-order valence-electron chi connectivity index (χ3n) is 6.29. The molecule has 8 nitrogen and oxygen atoms in total. The molecule has 1 atom stereocenters. The van der Waals surface area contributed by atoms with Crippen molar-refractivity contribution in [3.8, 4) is 5.75 Å². The Morgan fingerprint density at radius 1 is 1.12 bits per heavy atom. The molecule has 0 aliphatic carbocycles. The molecule has 3 heterocycles. The van der Waals surface area contributed by atoms with E-state index >= 15 is 0 Å². The average Bonchev–Trinajstić information content (AvgIpc) is 3.18. The van der Waals surface area contributed by atoms with Crippen molar-refractivity contribution >= 4 is 22.8 Å². The fraction of sp³-hybridized carbons (Fsp3) is 0.542. The standard InChI is InChI=1S/C24H33N5O3/c1-5-6-7-8-9-13-27-22(30)20-21(26(3)24(27)31)25-23-28(15-17(2)16-29(20)23)18-11-10-12-19(14-18)32-4/h10-12,14,17H,5-9,13,15-16H2,1-4H3/t17-/m1/s1. The lowest BCUT2D eigenvalue weighted by molar-refractivity contribution is 0.414. The molecule has 3 aromatic rings. The number of fused-ring (bicyclic) bond motifs is 3. The van der Waals surface area contributed by atoms with Crippen LogP contribution in [0.3, 0.4) is 0 Å². The highest BCUT2D eigenvalue weighted by Crippen LogP contribution is 2.34. The van der Waals surface area contributed by atoms with Crippen molar-refractivity contribution in [2.75, 3.05) is 18.6 Å². The molecule has 0 bridgehead atoms. The summed E-state index contributed by atoms with van der Waals surface area (Å²) in [5.41, 5.74) is 1.37. The number of methoxy groups -OCH3 is 1. The monoisotopic (exact) mass is 439 g/mol. The second-order valence-electron chi connectivity index (χ2n) is 8.82. The summed E-state index contributed by atoms with van der Waals surface area (Å²) in [5, 5.41) is 0. The van der Waals surface area contributed by atoms with Gasteiger partial charge in [0.15, 0.2) is 11.2 Å². The summed E-state index contributed by atoms with van der Waals surface area (Å²) in [6.45, 7) is 6.25. The summed E-state index contributed by atoms with van der Waals surface area (Å²) in [7, 11) is 3.35. The van der Waals surface area contributed by atoms with Crippen molar-refractivity contribution in [1.82, 2.24) is 18.7 Å². The van der Waals surface area contributed by atoms with Crippen LogP contribution in [0.4, 0.5) is 11.6 Å². The molecule has 172 valence electrons. The zero-order valence-electron chi connectivity index (χ0n) is 19.5. The number of benzene rings is 1. The molecule has 0 unspecified atom stereocenters. The van der Waals surface area contributed by atoms with Crippen LogP contribution in [-0.2, 0) is 20.1 Å². The predicted molar refractivity (Wildman–Crippen MR) is 127 cm³/mol. The number of ether oxygens (including phenoxy) is 1. The maximum absolute atomic E-state index is 13.5. The topological polar surface area (TPSA) is 74.3 Å². The van der Waals surface area contributed by atoms with Crippen molar-refractivity contribution in [3.05, 3.63) is 45.1 Å². The molecular weight excluding hydrogens is 406 g/mol. The molecule has 1 aliphatic heterocycles. The third kappa shape index (κ3) is 3.94. The fourth-order valence-electron chi connectivity index (χ4n) is 4.57. The minimum atomic E-state index is -0.297. The zero-order valence-corrected chi connectivity index (χ0v) is 19.5. The minimum absolute atomic E-state index is 0.239. The first-order chi connectivity index (χ1) is 15.5. The summed E-state index contributed by atoms with van der Waals surface area (Å²) in [6, 6.07) is 7.83. The van der Waals surface area contributed by atoms with Gasteiger partial charge < -0.3 is 14.2 Å². The lowest BCUT2D eigenvalue weighted by atomic mass is 10.1. The van der Waals surface area contributed by atoms with E-state index in [0.29, 0.717) is 36.1 Å². The van der Waals surface area contributed by atoms with Crippen LogP contribution in [0.5, 0.6) is 5.75 Å². The molecule has 2 aromatic heterocycles. The van der Waals surface area contributed by atoms with E-state index < -0.39 is 0 Å². The first-order valence-corrected chi connectivity index (χ1v) is 11.6. The van der Waals surface area contributed by atoms with Crippen LogP contribution in [-0.4, -0.2) is 32.3 Å². The van der Waals surface area contributed by atoms with Gasteiger partial charge in [0, 0.05) is 38.4 Å². The Morgan fingerprint density at radius 3 is 2.66 bits per heavy atom. The predicted octanol–water partition coefficient (Wildman–Crippen LogP) is 3.66. The summed E-state index contributed by atoms with van der Waals surface area (Å²) < 4.78 is 10.3. The molecule has 0 saturated carbocycles. The van der Waals surface area contributed by atoms with Crippen LogP contribution in [0, 0.1) is 5.92 Å². The Labute approximate surface area is 188 Å². The molecule has 0 N–H and O–H groups in total. The molecular formula is C24H33N5O3. The second-order valence-corrected chi connectivity index (χ2v) is 8.82. The normalized spacial score (nSPS) is 15.9. The summed E-state index contributed by atoms with van der Waals surface area (Å²) >= 11 is 0. The second kappa shape index (κ2) is 9.22. The quantitative estimate of drug-likeness (QED) is 0.501. The highest BCUT2D eigenvalue weighted by Gasteiger charge is 2.30. The molecule has 32 heavy (non-hydrogen) atoms. The molecule has 8 heteroatoms. The van der Waals surface area contributed by atoms with Crippen LogP contribution >= 0.6 is 0 Å². The third-order valence-corrected chi connectivity index (χ3v) is 6.29. The summed E-state index contributed by atoms with van der Waals surface area (Å²) in [4.78, 5) is 33.3. The van der Waals surface area contributed by atoms with Gasteiger partial charge in [0.2, 0.25) is 5.95 Å². The van der Waals surface area contributed by atoms with Crippen molar-refractivity contribution in [2.24, 2.45) is 13.0 Å². The molecule has 0 saturated heterocycles. The van der Waals surface area contributed by atoms with Crippen LogP contribution in [0.2, 0.25) is 0 Å². The highest BCUT2D eigenvalue weighted by molar-refractivity contribution is 5.77. The number of imidazole rings is 1. The number of rotatable bonds is 8. The van der Waals surface area contributed by atoms with Crippen LogP contribution in [0.1, 0.15) is 46.0 Å². The van der Waals surface area contributed by atoms with E-state index in [4.69, 9.17) is 9.72 Å². The van der Waals surface area contributed by atoms with Crippen molar-refractivity contribution < 1.29 is 4.74 Å². The molecule has 0 amide bonds. The van der Waals surface area contributed by atoms with E-state index in [0.717, 1.165) is 43.7 Å². The van der Waals surface area contributed by atoms with E-state index in [1.807, 2.05) is 28.8 Å². The Hall–Kier alpha value is -3.03. The smallest absolute Gasteiger partial charge is 0.332 e. The summed E-state index contributed by atoms with van der Waals surface area (Å²) in [5.74, 6) is 1.77. The average molecular weight is 440 g/mol. The van der Waals surface area contributed by atoms with E-state index in [2.05, 4.69) is 18.7 Å². The first-order valence-electron chi connectivity index (χ1n) is 11.6. The number of anilines is 2. The van der Waals surface area contributed by atoms with Gasteiger partial charge in [-0.15, -0.1) is 0 Å². The zero-order chi connectivity index (χ0) is 22.8. The molecule has 1 aliphatic rings. The molecule has 0 spiro atoms. The van der Waals surface area contributed by atoms with Gasteiger partial charge in [-0.05, 0) is 24.5 Å². The van der Waals surface area contributed by atoms with Gasteiger partial charge in [-0.3, -0.25) is 13.9 Å². The van der Waals surface area contributed by atoms with Crippen molar-refractivity contribution in [2.45, 2.75) is 59.0 Å². The number of aromatic nitrogens is 4. The van der Waals surface area contributed by atoms with Crippen LogP contribution in [0.15, 0.2) is 33.9 Å². The number of hydrogen-bond donors (Lipinski definition) is 0. The van der Waals surface area contributed by atoms with E-state index in [9.17, 15) is 9.59 Å². The Morgan fingerprint density at radius 2 is 1.91 bits per heavy atom. The largest absolute Gasteiger partial charge is 0.497 e. The Kier molecular flexibility index (Phi) is 6.39. The SMILES string of the molecule is CCCCCCCn1c(=O)c2c(nc3n2C[C@H](C)CN3c2cccc(OC)c2)n(C)c1=O. The van der Waals surface area contributed by atoms with Crippen LogP contribution in [0.25, 0.3) is 11.2 Å². The minimum Gasteiger partial charge on any atom is -0.497 e. The van der Waals surface area contributed by atoms with Gasteiger partial charge in [-0.1, -0.05) is 45.6 Å². The van der Waals surface area contributed by atoms with E-state index in [1.54, 1.807) is 14.2 Å². The highest BCUT2D eigenvalue weighted by atomic mass is 16.5. The van der Waals surface area contributed by atoms with E-state index in [-0.39, 0.29) is 11.2 Å². The number of hydrogen-bond acceptors (Lipinski definition) is 5. The molecule has 4 rings (SSSR count). The lowest BCUT2D eigenvalue weighted by Gasteiger charge is -2.33. The lowest BCUT2D eigenvalue weighted by Crippen LogP contribution is -2.40. The van der Waals surface area contributed by atoms with Crippen molar-refractivity contribution in [1.29, 1.82) is 0 Å². The Bertz CT molecular complexity index is 1220. The van der Waals surface area contributed by atoms with Crippen molar-refractivity contribution in [3.63, 3.8) is 0 Å². The van der Waals surface area contributed by atoms with Gasteiger partial charge >= 0.3 is 5.69 Å². The van der Waals surface area contributed by atoms with Gasteiger partial charge in [-0.25, -0.2) is 4.79 Å². The summed E-state index contributed by atoms with van der Waals surface area (Å²) in [6.07, 6.45) is 5.32. The van der Waals surface area contributed by atoms with Gasteiger partial charge in [0.25, 0.3) is 5.56 Å². The molecule has 1 aromatic carbocycles. The Balaban J connectivity index is 1.80. The van der Waals surface area contributed by atoms with Gasteiger partial charge in [0.05, 0.1) is 7.11 Å². The van der Waals surface area contributed by atoms with Gasteiger partial charge in [-0.2, -0.15) is 4.98 Å². The molecule has 0 fully saturated rings.